The number of hydrogen-bond acceptors (Lipinski definition) is 4. The maximum Gasteiger partial charge on any atom is 0.0695 e. The molecular formula is C20H24ClN5. The summed E-state index contributed by atoms with van der Waals surface area (Å²) >= 11 is 6.01. The van der Waals surface area contributed by atoms with E-state index >= 15 is 0 Å². The predicted molar refractivity (Wildman–Crippen MR) is 106 cm³/mol. The molecule has 0 fully saturated rings. The van der Waals surface area contributed by atoms with Crippen LogP contribution in [0.1, 0.15) is 11.3 Å². The van der Waals surface area contributed by atoms with Crippen molar-refractivity contribution in [3.8, 4) is 11.3 Å². The lowest BCUT2D eigenvalue weighted by atomic mass is 10.1. The molecule has 0 amide bonds. The van der Waals surface area contributed by atoms with Crippen molar-refractivity contribution in [2.45, 2.75) is 13.1 Å². The van der Waals surface area contributed by atoms with Crippen LogP contribution in [-0.4, -0.2) is 52.2 Å². The third-order valence-corrected chi connectivity index (χ3v) is 4.47. The van der Waals surface area contributed by atoms with Gasteiger partial charge < -0.3 is 4.90 Å². The van der Waals surface area contributed by atoms with E-state index in [0.29, 0.717) is 0 Å². The minimum atomic E-state index is 0.734. The number of halogens is 1. The molecule has 0 saturated heterocycles. The van der Waals surface area contributed by atoms with Crippen molar-refractivity contribution in [2.75, 3.05) is 27.2 Å². The van der Waals surface area contributed by atoms with Crippen LogP contribution < -0.4 is 0 Å². The van der Waals surface area contributed by atoms with Crippen molar-refractivity contribution in [3.63, 3.8) is 0 Å². The lowest BCUT2D eigenvalue weighted by Gasteiger charge is -2.24. The molecule has 3 rings (SSSR count). The average molecular weight is 370 g/mol. The Balaban J connectivity index is 1.78. The minimum absolute atomic E-state index is 0.734. The van der Waals surface area contributed by atoms with Gasteiger partial charge in [-0.15, -0.1) is 0 Å². The van der Waals surface area contributed by atoms with Gasteiger partial charge in [0.2, 0.25) is 0 Å². The van der Waals surface area contributed by atoms with Crippen LogP contribution in [0.5, 0.6) is 0 Å². The molecule has 0 unspecified atom stereocenters. The maximum atomic E-state index is 6.01. The van der Waals surface area contributed by atoms with Crippen LogP contribution in [0.25, 0.3) is 11.3 Å². The molecule has 26 heavy (non-hydrogen) atoms. The van der Waals surface area contributed by atoms with Crippen molar-refractivity contribution >= 4 is 11.6 Å². The molecule has 0 spiro atoms. The largest absolute Gasteiger partial charge is 0.308 e. The van der Waals surface area contributed by atoms with Gasteiger partial charge in [0.25, 0.3) is 0 Å². The van der Waals surface area contributed by atoms with Crippen LogP contribution in [0.4, 0.5) is 0 Å². The summed E-state index contributed by atoms with van der Waals surface area (Å²) < 4.78 is 0. The van der Waals surface area contributed by atoms with Gasteiger partial charge in [0, 0.05) is 43.0 Å². The van der Waals surface area contributed by atoms with Crippen LogP contribution >= 0.6 is 11.6 Å². The molecule has 0 aliphatic rings. The highest BCUT2D eigenvalue weighted by atomic mass is 35.5. The molecule has 5 nitrogen and oxygen atoms in total. The number of aromatic amines is 1. The maximum absolute atomic E-state index is 6.01. The first kappa shape index (κ1) is 18.6. The Kier molecular flexibility index (Phi) is 6.39. The fraction of sp³-hybridized carbons (Fsp3) is 0.300. The van der Waals surface area contributed by atoms with Gasteiger partial charge in [-0.05, 0) is 43.9 Å². The molecule has 2 aromatic heterocycles. The number of nitrogens with one attached hydrogen (secondary N) is 1. The SMILES string of the molecule is CN(C)CCN(Cc1ccccn1)Cc1cn[nH]c1-c1ccc(Cl)cc1. The molecule has 1 aromatic carbocycles. The third kappa shape index (κ3) is 5.14. The van der Waals surface area contributed by atoms with E-state index in [1.807, 2.05) is 48.8 Å². The molecule has 0 atom stereocenters. The first-order chi connectivity index (χ1) is 12.6. The fourth-order valence-corrected chi connectivity index (χ4v) is 2.94. The van der Waals surface area contributed by atoms with E-state index in [4.69, 9.17) is 11.6 Å². The Morgan fingerprint density at radius 2 is 1.81 bits per heavy atom. The number of nitrogens with zero attached hydrogens (tertiary/aromatic N) is 4. The molecule has 0 aliphatic heterocycles. The first-order valence-electron chi connectivity index (χ1n) is 8.67. The number of H-pyrrole nitrogens is 1. The number of pyridine rings is 1. The second-order valence-electron chi connectivity index (χ2n) is 6.61. The van der Waals surface area contributed by atoms with Gasteiger partial charge in [0.15, 0.2) is 0 Å². The molecule has 0 aliphatic carbocycles. The van der Waals surface area contributed by atoms with Crippen LogP contribution in [0, 0.1) is 0 Å². The van der Waals surface area contributed by atoms with Crippen LogP contribution in [0.15, 0.2) is 54.9 Å². The van der Waals surface area contributed by atoms with Crippen LogP contribution in [0.2, 0.25) is 5.02 Å². The standard InChI is InChI=1S/C20H24ClN5/c1-25(2)11-12-26(15-19-5-3-4-10-22-19)14-17-13-23-24-20(17)16-6-8-18(21)9-7-16/h3-10,13H,11-12,14-15H2,1-2H3,(H,23,24). The lowest BCUT2D eigenvalue weighted by Crippen LogP contribution is -2.31. The van der Waals surface area contributed by atoms with E-state index in [1.165, 1.54) is 5.56 Å². The second-order valence-corrected chi connectivity index (χ2v) is 7.05. The summed E-state index contributed by atoms with van der Waals surface area (Å²) in [5, 5.41) is 8.13. The minimum Gasteiger partial charge on any atom is -0.308 e. The van der Waals surface area contributed by atoms with Crippen LogP contribution in [0.3, 0.4) is 0 Å². The lowest BCUT2D eigenvalue weighted by molar-refractivity contribution is 0.224. The summed E-state index contributed by atoms with van der Waals surface area (Å²) in [6, 6.07) is 13.9. The van der Waals surface area contributed by atoms with Crippen molar-refractivity contribution in [1.82, 2.24) is 25.0 Å². The summed E-state index contributed by atoms with van der Waals surface area (Å²) in [6.45, 7) is 3.55. The summed E-state index contributed by atoms with van der Waals surface area (Å²) in [5.74, 6) is 0. The molecular weight excluding hydrogens is 346 g/mol. The summed E-state index contributed by atoms with van der Waals surface area (Å²) in [7, 11) is 4.19. The van der Waals surface area contributed by atoms with Crippen molar-refractivity contribution in [2.24, 2.45) is 0 Å². The molecule has 0 bridgehead atoms. The number of benzene rings is 1. The van der Waals surface area contributed by atoms with Gasteiger partial charge in [0.05, 0.1) is 17.6 Å². The molecule has 6 heteroatoms. The predicted octanol–water partition coefficient (Wildman–Crippen LogP) is 3.69. The highest BCUT2D eigenvalue weighted by molar-refractivity contribution is 6.30. The number of rotatable bonds is 8. The Bertz CT molecular complexity index is 799. The number of likely N-dealkylation sites (N-methyl/N-ethyl adjacent to an activating group) is 1. The van der Waals surface area contributed by atoms with E-state index in [9.17, 15) is 0 Å². The van der Waals surface area contributed by atoms with E-state index in [2.05, 4.69) is 45.1 Å². The monoisotopic (exact) mass is 369 g/mol. The van der Waals surface area contributed by atoms with E-state index in [1.54, 1.807) is 0 Å². The van der Waals surface area contributed by atoms with Crippen molar-refractivity contribution in [3.05, 3.63) is 71.1 Å². The van der Waals surface area contributed by atoms with E-state index in [-0.39, 0.29) is 0 Å². The molecule has 2 heterocycles. The highest BCUT2D eigenvalue weighted by Gasteiger charge is 2.14. The van der Waals surface area contributed by atoms with E-state index in [0.717, 1.165) is 48.2 Å². The average Bonchev–Trinajstić information content (AvgIpc) is 3.09. The smallest absolute Gasteiger partial charge is 0.0695 e. The Labute approximate surface area is 159 Å². The zero-order valence-electron chi connectivity index (χ0n) is 15.2. The third-order valence-electron chi connectivity index (χ3n) is 4.22. The zero-order valence-corrected chi connectivity index (χ0v) is 15.9. The Morgan fingerprint density at radius 3 is 2.50 bits per heavy atom. The quantitative estimate of drug-likeness (QED) is 0.657. The summed E-state index contributed by atoms with van der Waals surface area (Å²) in [4.78, 5) is 9.06. The Hall–Kier alpha value is -2.21. The summed E-state index contributed by atoms with van der Waals surface area (Å²) in [6.07, 6.45) is 3.75. The molecule has 0 saturated carbocycles. The normalized spacial score (nSPS) is 11.4. The fourth-order valence-electron chi connectivity index (χ4n) is 2.81. The zero-order chi connectivity index (χ0) is 18.4. The van der Waals surface area contributed by atoms with Gasteiger partial charge in [-0.2, -0.15) is 5.10 Å². The highest BCUT2D eigenvalue weighted by Crippen LogP contribution is 2.24. The van der Waals surface area contributed by atoms with E-state index < -0.39 is 0 Å². The summed E-state index contributed by atoms with van der Waals surface area (Å²) in [5.41, 5.74) is 4.37. The number of aromatic nitrogens is 3. The van der Waals surface area contributed by atoms with Gasteiger partial charge in [-0.25, -0.2) is 0 Å². The molecule has 136 valence electrons. The van der Waals surface area contributed by atoms with Gasteiger partial charge in [0.1, 0.15) is 0 Å². The van der Waals surface area contributed by atoms with Gasteiger partial charge in [-0.3, -0.25) is 15.0 Å². The van der Waals surface area contributed by atoms with Crippen LogP contribution in [-0.2, 0) is 13.1 Å². The van der Waals surface area contributed by atoms with Crippen molar-refractivity contribution in [1.29, 1.82) is 0 Å². The second kappa shape index (κ2) is 8.94. The van der Waals surface area contributed by atoms with Gasteiger partial charge >= 0.3 is 0 Å². The molecule has 0 radical (unpaired) electrons. The van der Waals surface area contributed by atoms with Gasteiger partial charge in [-0.1, -0.05) is 29.8 Å². The first-order valence-corrected chi connectivity index (χ1v) is 9.05. The molecule has 1 N–H and O–H groups in total. The topological polar surface area (TPSA) is 48.1 Å². The number of hydrogen-bond donors (Lipinski definition) is 1. The Morgan fingerprint density at radius 1 is 1.00 bits per heavy atom. The molecule has 3 aromatic rings. The van der Waals surface area contributed by atoms with Crippen molar-refractivity contribution < 1.29 is 0 Å².